The van der Waals surface area contributed by atoms with Gasteiger partial charge < -0.3 is 20.4 Å². The SMILES string of the molecule is CC(C(=O)O)C(=O)C(CCC(F)C(=O)O)(CCC(F)C(=O)O)CCC(F)C(=O)O. The highest BCUT2D eigenvalue weighted by Crippen LogP contribution is 2.40. The summed E-state index contributed by atoms with van der Waals surface area (Å²) in [6.45, 7) is 0.956. The van der Waals surface area contributed by atoms with Crippen LogP contribution in [0.25, 0.3) is 0 Å². The Morgan fingerprint density at radius 3 is 1.14 bits per heavy atom. The van der Waals surface area contributed by atoms with Crippen LogP contribution in [-0.2, 0) is 24.0 Å². The summed E-state index contributed by atoms with van der Waals surface area (Å²) < 4.78 is 40.7. The van der Waals surface area contributed by atoms with Crippen LogP contribution < -0.4 is 0 Å². The maximum absolute atomic E-state index is 13.6. The van der Waals surface area contributed by atoms with Gasteiger partial charge in [0, 0.05) is 5.41 Å². The maximum Gasteiger partial charge on any atom is 0.338 e. The van der Waals surface area contributed by atoms with Gasteiger partial charge in [0.15, 0.2) is 24.3 Å². The predicted octanol–water partition coefficient (Wildman–Crippen LogP) is 1.87. The maximum atomic E-state index is 13.6. The lowest BCUT2D eigenvalue weighted by molar-refractivity contribution is -0.152. The molecular formula is C17H23F3O9. The van der Waals surface area contributed by atoms with E-state index >= 15 is 0 Å². The molecule has 0 bridgehead atoms. The van der Waals surface area contributed by atoms with E-state index in [-0.39, 0.29) is 0 Å². The summed E-state index contributed by atoms with van der Waals surface area (Å²) in [6.07, 6.45) is -11.8. The Labute approximate surface area is 163 Å². The van der Waals surface area contributed by atoms with E-state index in [1.54, 1.807) is 0 Å². The first-order chi connectivity index (χ1) is 13.2. The predicted molar refractivity (Wildman–Crippen MR) is 89.5 cm³/mol. The topological polar surface area (TPSA) is 166 Å². The number of alkyl halides is 3. The van der Waals surface area contributed by atoms with E-state index in [9.17, 15) is 37.1 Å². The smallest absolute Gasteiger partial charge is 0.338 e. The minimum Gasteiger partial charge on any atom is -0.481 e. The summed E-state index contributed by atoms with van der Waals surface area (Å²) >= 11 is 0. The lowest BCUT2D eigenvalue weighted by Crippen LogP contribution is -2.40. The summed E-state index contributed by atoms with van der Waals surface area (Å²) in [5.74, 6) is -10.1. The molecule has 0 saturated carbocycles. The minimum absolute atomic E-state index is 0.657. The second-order valence-electron chi connectivity index (χ2n) is 6.74. The first kappa shape index (κ1) is 26.3. The van der Waals surface area contributed by atoms with E-state index in [0.717, 1.165) is 6.92 Å². The number of rotatable bonds is 15. The summed E-state index contributed by atoms with van der Waals surface area (Å²) in [7, 11) is 0. The van der Waals surface area contributed by atoms with E-state index in [2.05, 4.69) is 0 Å². The number of carbonyl (C=O) groups is 5. The quantitative estimate of drug-likeness (QED) is 0.285. The lowest BCUT2D eigenvalue weighted by Gasteiger charge is -2.35. The van der Waals surface area contributed by atoms with Crippen LogP contribution in [0.1, 0.15) is 45.4 Å². The molecule has 12 heteroatoms. The summed E-state index contributed by atoms with van der Waals surface area (Å²) in [6, 6.07) is 0. The zero-order chi connectivity index (χ0) is 22.9. The van der Waals surface area contributed by atoms with Crippen molar-refractivity contribution >= 4 is 29.7 Å². The van der Waals surface area contributed by atoms with Gasteiger partial charge in [-0.1, -0.05) is 0 Å². The molecule has 0 rings (SSSR count). The first-order valence-corrected chi connectivity index (χ1v) is 8.63. The Kier molecular flexibility index (Phi) is 10.3. The van der Waals surface area contributed by atoms with E-state index in [0.29, 0.717) is 0 Å². The third-order valence-electron chi connectivity index (χ3n) is 4.72. The zero-order valence-electron chi connectivity index (χ0n) is 15.5. The van der Waals surface area contributed by atoms with Gasteiger partial charge in [-0.05, 0) is 45.4 Å². The Morgan fingerprint density at radius 2 is 0.931 bits per heavy atom. The number of halogens is 3. The van der Waals surface area contributed by atoms with Crippen molar-refractivity contribution in [2.24, 2.45) is 11.3 Å². The van der Waals surface area contributed by atoms with Crippen LogP contribution in [0.3, 0.4) is 0 Å². The lowest BCUT2D eigenvalue weighted by atomic mass is 9.68. The number of ketones is 1. The average molecular weight is 428 g/mol. The number of Topliss-reactive ketones (excluding diaryl/α,β-unsaturated/α-hetero) is 1. The second kappa shape index (κ2) is 11.4. The Bertz CT molecular complexity index is 578. The van der Waals surface area contributed by atoms with Gasteiger partial charge in [0.2, 0.25) is 0 Å². The van der Waals surface area contributed by atoms with Crippen molar-refractivity contribution in [1.29, 1.82) is 0 Å². The molecule has 166 valence electrons. The number of aliphatic carboxylic acids is 4. The van der Waals surface area contributed by atoms with E-state index in [4.69, 9.17) is 20.4 Å². The molecule has 29 heavy (non-hydrogen) atoms. The van der Waals surface area contributed by atoms with Crippen molar-refractivity contribution in [2.75, 3.05) is 0 Å². The highest BCUT2D eigenvalue weighted by Gasteiger charge is 2.44. The molecule has 0 aromatic heterocycles. The van der Waals surface area contributed by atoms with Gasteiger partial charge >= 0.3 is 23.9 Å². The number of carboxylic acids is 4. The number of hydrogen-bond acceptors (Lipinski definition) is 5. The van der Waals surface area contributed by atoms with Crippen LogP contribution >= 0.6 is 0 Å². The fraction of sp³-hybridized carbons (Fsp3) is 0.706. The van der Waals surface area contributed by atoms with Gasteiger partial charge in [0.1, 0.15) is 5.92 Å². The molecule has 4 unspecified atom stereocenters. The monoisotopic (exact) mass is 428 g/mol. The summed E-state index contributed by atoms with van der Waals surface area (Å²) in [4.78, 5) is 56.1. The van der Waals surface area contributed by atoms with E-state index < -0.39 is 98.0 Å². The molecule has 0 spiro atoms. The van der Waals surface area contributed by atoms with Gasteiger partial charge in [-0.15, -0.1) is 0 Å². The standard InChI is InChI=1S/C17H23F3O9/c1-8(13(22)23)12(21)17(5-2-9(18)14(24)25,6-3-10(19)15(26)27)7-4-11(20)16(28)29/h8-11H,2-7H2,1H3,(H,22,23)(H,24,25)(H,26,27)(H,28,29). The molecule has 0 aliphatic rings. The molecule has 0 aliphatic carbocycles. The molecule has 4 N–H and O–H groups in total. The van der Waals surface area contributed by atoms with Crippen LogP contribution in [0.5, 0.6) is 0 Å². The highest BCUT2D eigenvalue weighted by molar-refractivity contribution is 6.01. The molecule has 0 aromatic rings. The van der Waals surface area contributed by atoms with Crippen LogP contribution in [0.15, 0.2) is 0 Å². The van der Waals surface area contributed by atoms with Crippen LogP contribution in [0.4, 0.5) is 13.2 Å². The molecule has 0 saturated heterocycles. The molecule has 0 fully saturated rings. The molecule has 0 heterocycles. The largest absolute Gasteiger partial charge is 0.481 e. The average Bonchev–Trinajstić information content (AvgIpc) is 2.64. The minimum atomic E-state index is -2.47. The number of hydrogen-bond donors (Lipinski definition) is 4. The fourth-order valence-electron chi connectivity index (χ4n) is 2.90. The highest BCUT2D eigenvalue weighted by atomic mass is 19.1. The van der Waals surface area contributed by atoms with Crippen molar-refractivity contribution in [2.45, 2.75) is 64.0 Å². The molecule has 0 aliphatic heterocycles. The summed E-state index contributed by atoms with van der Waals surface area (Å²) in [5, 5.41) is 35.1. The van der Waals surface area contributed by atoms with E-state index in [1.807, 2.05) is 0 Å². The summed E-state index contributed by atoms with van der Waals surface area (Å²) in [5.41, 5.74) is -2.02. The Morgan fingerprint density at radius 1 is 0.655 bits per heavy atom. The normalized spacial score (nSPS) is 17.4. The van der Waals surface area contributed by atoms with Gasteiger partial charge in [0.05, 0.1) is 0 Å². The van der Waals surface area contributed by atoms with E-state index in [1.165, 1.54) is 0 Å². The van der Waals surface area contributed by atoms with Crippen LogP contribution in [-0.4, -0.2) is 68.6 Å². The van der Waals surface area contributed by atoms with Crippen molar-refractivity contribution in [1.82, 2.24) is 0 Å². The molecule has 4 atom stereocenters. The van der Waals surface area contributed by atoms with Crippen molar-refractivity contribution < 1.29 is 57.6 Å². The fourth-order valence-corrected chi connectivity index (χ4v) is 2.90. The third-order valence-corrected chi connectivity index (χ3v) is 4.72. The van der Waals surface area contributed by atoms with Gasteiger partial charge in [0.25, 0.3) is 0 Å². The van der Waals surface area contributed by atoms with Gasteiger partial charge in [-0.25, -0.2) is 27.6 Å². The Hall–Kier alpha value is -2.66. The van der Waals surface area contributed by atoms with Crippen LogP contribution in [0.2, 0.25) is 0 Å². The van der Waals surface area contributed by atoms with Gasteiger partial charge in [-0.3, -0.25) is 9.59 Å². The van der Waals surface area contributed by atoms with Crippen molar-refractivity contribution in [3.8, 4) is 0 Å². The molecular weight excluding hydrogens is 405 g/mol. The third kappa shape index (κ3) is 8.08. The van der Waals surface area contributed by atoms with Gasteiger partial charge in [-0.2, -0.15) is 0 Å². The molecule has 0 radical (unpaired) electrons. The number of carbonyl (C=O) groups excluding carboxylic acids is 1. The molecule has 0 aromatic carbocycles. The Balaban J connectivity index is 5.94. The zero-order valence-corrected chi connectivity index (χ0v) is 15.5. The second-order valence-corrected chi connectivity index (χ2v) is 6.74. The van der Waals surface area contributed by atoms with Crippen LogP contribution in [0, 0.1) is 11.3 Å². The van der Waals surface area contributed by atoms with Crippen molar-refractivity contribution in [3.63, 3.8) is 0 Å². The van der Waals surface area contributed by atoms with Crippen molar-refractivity contribution in [3.05, 3.63) is 0 Å². The number of carboxylic acid groups (broad SMARTS) is 4. The molecule has 9 nitrogen and oxygen atoms in total. The first-order valence-electron chi connectivity index (χ1n) is 8.63. The molecule has 0 amide bonds.